The van der Waals surface area contributed by atoms with Crippen molar-refractivity contribution in [1.82, 2.24) is 14.8 Å². The highest BCUT2D eigenvalue weighted by Gasteiger charge is 2.32. The van der Waals surface area contributed by atoms with Gasteiger partial charge in [-0.3, -0.25) is 9.48 Å². The molecule has 86 valence electrons. The zero-order chi connectivity index (χ0) is 11.5. The first-order chi connectivity index (χ1) is 7.74. The van der Waals surface area contributed by atoms with Gasteiger partial charge < -0.3 is 5.11 Å². The molecule has 0 fully saturated rings. The van der Waals surface area contributed by atoms with Crippen LogP contribution in [0.25, 0.3) is 0 Å². The molecule has 0 aliphatic heterocycles. The molecule has 2 rings (SSSR count). The van der Waals surface area contributed by atoms with Crippen molar-refractivity contribution < 1.29 is 9.90 Å². The minimum atomic E-state index is -0.750. The summed E-state index contributed by atoms with van der Waals surface area (Å²) in [7, 11) is 0. The molecule has 0 aromatic carbocycles. The Morgan fingerprint density at radius 3 is 3.00 bits per heavy atom. The number of hydrogen-bond acceptors (Lipinski definition) is 3. The molecule has 1 heterocycles. The Kier molecular flexibility index (Phi) is 3.03. The van der Waals surface area contributed by atoms with E-state index < -0.39 is 5.97 Å². The van der Waals surface area contributed by atoms with Crippen molar-refractivity contribution in [1.29, 1.82) is 0 Å². The van der Waals surface area contributed by atoms with E-state index in [9.17, 15) is 9.90 Å². The highest BCUT2D eigenvalue weighted by molar-refractivity contribution is 5.71. The second kappa shape index (κ2) is 4.47. The summed E-state index contributed by atoms with van der Waals surface area (Å²) in [5.41, 5.74) is 0. The predicted octanol–water partition coefficient (Wildman–Crippen LogP) is 1.43. The van der Waals surface area contributed by atoms with Gasteiger partial charge in [0.15, 0.2) is 0 Å². The second-order valence-electron chi connectivity index (χ2n) is 3.93. The average Bonchev–Trinajstić information content (AvgIpc) is 2.76. The van der Waals surface area contributed by atoms with E-state index in [0.717, 1.165) is 18.8 Å². The third-order valence-electron chi connectivity index (χ3n) is 3.03. The van der Waals surface area contributed by atoms with Crippen LogP contribution >= 0.6 is 0 Å². The number of carboxylic acids is 1. The van der Waals surface area contributed by atoms with E-state index in [2.05, 4.69) is 10.1 Å². The molecule has 16 heavy (non-hydrogen) atoms. The first-order valence-electron chi connectivity index (χ1n) is 5.49. The third-order valence-corrected chi connectivity index (χ3v) is 3.03. The first kappa shape index (κ1) is 10.9. The summed E-state index contributed by atoms with van der Waals surface area (Å²) >= 11 is 0. The lowest BCUT2D eigenvalue weighted by molar-refractivity contribution is -0.142. The van der Waals surface area contributed by atoms with Crippen LogP contribution in [0.1, 0.15) is 31.5 Å². The molecule has 0 amide bonds. The lowest BCUT2D eigenvalue weighted by Gasteiger charge is -2.24. The molecule has 0 radical (unpaired) electrons. The molecule has 0 spiro atoms. The fourth-order valence-electron chi connectivity index (χ4n) is 2.18. The van der Waals surface area contributed by atoms with E-state index in [1.807, 2.05) is 19.1 Å². The summed E-state index contributed by atoms with van der Waals surface area (Å²) in [6, 6.07) is 0. The quantitative estimate of drug-likeness (QED) is 0.784. The van der Waals surface area contributed by atoms with E-state index in [4.69, 9.17) is 0 Å². The maximum Gasteiger partial charge on any atom is 0.307 e. The molecule has 1 aromatic rings. The van der Waals surface area contributed by atoms with Crippen LogP contribution in [0.4, 0.5) is 0 Å². The van der Waals surface area contributed by atoms with Gasteiger partial charge in [-0.25, -0.2) is 4.98 Å². The monoisotopic (exact) mass is 221 g/mol. The summed E-state index contributed by atoms with van der Waals surface area (Å²) in [6.45, 7) is 2.70. The number of allylic oxidation sites excluding steroid dienone is 2. The first-order valence-corrected chi connectivity index (χ1v) is 5.49. The minimum absolute atomic E-state index is 0.0510. The maximum absolute atomic E-state index is 11.2. The Balaban J connectivity index is 2.31. The Labute approximate surface area is 93.8 Å². The van der Waals surface area contributed by atoms with E-state index >= 15 is 0 Å². The van der Waals surface area contributed by atoms with E-state index in [0.29, 0.717) is 6.42 Å². The van der Waals surface area contributed by atoms with Crippen LogP contribution in [0.15, 0.2) is 18.5 Å². The van der Waals surface area contributed by atoms with Crippen LogP contribution in [0.3, 0.4) is 0 Å². The van der Waals surface area contributed by atoms with Gasteiger partial charge in [-0.2, -0.15) is 5.10 Å². The van der Waals surface area contributed by atoms with Gasteiger partial charge in [-0.15, -0.1) is 0 Å². The number of carbonyl (C=O) groups is 1. The molecular weight excluding hydrogens is 206 g/mol. The molecule has 1 aliphatic carbocycles. The van der Waals surface area contributed by atoms with Crippen molar-refractivity contribution in [3.63, 3.8) is 0 Å². The smallest absolute Gasteiger partial charge is 0.307 e. The minimum Gasteiger partial charge on any atom is -0.481 e. The van der Waals surface area contributed by atoms with Gasteiger partial charge in [0.25, 0.3) is 0 Å². The summed E-state index contributed by atoms with van der Waals surface area (Å²) in [5, 5.41) is 13.3. The molecule has 1 aliphatic rings. The molecule has 5 heteroatoms. The zero-order valence-corrected chi connectivity index (χ0v) is 9.21. The van der Waals surface area contributed by atoms with Crippen LogP contribution in [0.2, 0.25) is 0 Å². The highest BCUT2D eigenvalue weighted by Crippen LogP contribution is 2.33. The number of rotatable bonds is 3. The number of aromatic nitrogens is 3. The summed E-state index contributed by atoms with van der Waals surface area (Å²) in [6.07, 6.45) is 6.77. The highest BCUT2D eigenvalue weighted by atomic mass is 16.4. The van der Waals surface area contributed by atoms with Crippen LogP contribution < -0.4 is 0 Å². The fourth-order valence-corrected chi connectivity index (χ4v) is 2.18. The average molecular weight is 221 g/mol. The van der Waals surface area contributed by atoms with Crippen LogP contribution in [0.5, 0.6) is 0 Å². The van der Waals surface area contributed by atoms with Gasteiger partial charge in [0.1, 0.15) is 12.2 Å². The molecule has 1 aromatic heterocycles. The summed E-state index contributed by atoms with van der Waals surface area (Å²) in [4.78, 5) is 15.4. The van der Waals surface area contributed by atoms with Crippen LogP contribution in [-0.2, 0) is 11.3 Å². The summed E-state index contributed by atoms with van der Waals surface area (Å²) in [5.74, 6) is -0.385. The van der Waals surface area contributed by atoms with Crippen molar-refractivity contribution in [3.8, 4) is 0 Å². The van der Waals surface area contributed by atoms with Crippen molar-refractivity contribution in [2.75, 3.05) is 0 Å². The van der Waals surface area contributed by atoms with E-state index in [1.54, 1.807) is 4.68 Å². The van der Waals surface area contributed by atoms with Gasteiger partial charge >= 0.3 is 5.97 Å². The van der Waals surface area contributed by atoms with Crippen molar-refractivity contribution in [2.45, 2.75) is 32.2 Å². The lowest BCUT2D eigenvalue weighted by atomic mass is 9.82. The molecular formula is C11H15N3O2. The fraction of sp³-hybridized carbons (Fsp3) is 0.545. The topological polar surface area (TPSA) is 68.0 Å². The number of carboxylic acid groups (broad SMARTS) is 1. The van der Waals surface area contributed by atoms with Crippen molar-refractivity contribution in [3.05, 3.63) is 24.3 Å². The van der Waals surface area contributed by atoms with Crippen LogP contribution in [0, 0.1) is 5.92 Å². The van der Waals surface area contributed by atoms with Gasteiger partial charge in [0.2, 0.25) is 0 Å². The molecule has 0 saturated carbocycles. The lowest BCUT2D eigenvalue weighted by Crippen LogP contribution is -2.26. The molecule has 2 unspecified atom stereocenters. The molecule has 2 atom stereocenters. The van der Waals surface area contributed by atoms with E-state index in [-0.39, 0.29) is 11.8 Å². The molecule has 0 bridgehead atoms. The zero-order valence-electron chi connectivity index (χ0n) is 9.21. The molecule has 0 saturated heterocycles. The Bertz CT molecular complexity index is 411. The SMILES string of the molecule is CCn1ncnc1C1CC=CCC1C(=O)O. The predicted molar refractivity (Wildman–Crippen MR) is 57.9 cm³/mol. The van der Waals surface area contributed by atoms with Crippen molar-refractivity contribution in [2.24, 2.45) is 5.92 Å². The third kappa shape index (κ3) is 1.85. The van der Waals surface area contributed by atoms with Gasteiger partial charge in [-0.05, 0) is 19.8 Å². The maximum atomic E-state index is 11.2. The van der Waals surface area contributed by atoms with E-state index in [1.165, 1.54) is 6.33 Å². The van der Waals surface area contributed by atoms with Gasteiger partial charge in [0, 0.05) is 12.5 Å². The second-order valence-corrected chi connectivity index (χ2v) is 3.93. The number of nitrogens with zero attached hydrogens (tertiary/aromatic N) is 3. The normalized spacial score (nSPS) is 24.6. The van der Waals surface area contributed by atoms with Gasteiger partial charge in [-0.1, -0.05) is 12.2 Å². The Hall–Kier alpha value is -1.65. The van der Waals surface area contributed by atoms with Gasteiger partial charge in [0.05, 0.1) is 5.92 Å². The number of aryl methyl sites for hydroxylation is 1. The number of hydrogen-bond donors (Lipinski definition) is 1. The molecule has 5 nitrogen and oxygen atoms in total. The van der Waals surface area contributed by atoms with Crippen LogP contribution in [-0.4, -0.2) is 25.8 Å². The molecule has 1 N–H and O–H groups in total. The number of aliphatic carboxylic acids is 1. The Morgan fingerprint density at radius 1 is 1.56 bits per heavy atom. The Morgan fingerprint density at radius 2 is 2.31 bits per heavy atom. The standard InChI is InChI=1S/C11H15N3O2/c1-2-14-10(12-7-13-14)8-5-3-4-6-9(8)11(15)16/h3-4,7-9H,2,5-6H2,1H3,(H,15,16). The largest absolute Gasteiger partial charge is 0.481 e. The summed E-state index contributed by atoms with van der Waals surface area (Å²) < 4.78 is 1.78. The van der Waals surface area contributed by atoms with Crippen molar-refractivity contribution >= 4 is 5.97 Å².